The lowest BCUT2D eigenvalue weighted by atomic mass is 10.00. The summed E-state index contributed by atoms with van der Waals surface area (Å²) in [5, 5.41) is 11.7. The van der Waals surface area contributed by atoms with Crippen LogP contribution in [0.1, 0.15) is 11.1 Å². The van der Waals surface area contributed by atoms with Gasteiger partial charge in [-0.05, 0) is 42.5 Å². The van der Waals surface area contributed by atoms with E-state index in [9.17, 15) is 0 Å². The highest BCUT2D eigenvalue weighted by molar-refractivity contribution is 6.14. The van der Waals surface area contributed by atoms with Crippen LogP contribution < -0.4 is 26.3 Å². The van der Waals surface area contributed by atoms with E-state index >= 15 is 0 Å². The van der Waals surface area contributed by atoms with Gasteiger partial charge in [0.05, 0.1) is 19.9 Å². The van der Waals surface area contributed by atoms with Crippen molar-refractivity contribution >= 4 is 28.9 Å². The zero-order valence-corrected chi connectivity index (χ0v) is 15.0. The second-order valence-electron chi connectivity index (χ2n) is 5.67. The molecule has 0 saturated heterocycles. The molecule has 0 bridgehead atoms. The molecule has 0 radical (unpaired) electrons. The van der Waals surface area contributed by atoms with E-state index < -0.39 is 0 Å². The van der Waals surface area contributed by atoms with Crippen molar-refractivity contribution in [3.05, 3.63) is 59.8 Å². The van der Waals surface area contributed by atoms with Crippen molar-refractivity contribution in [2.45, 2.75) is 0 Å². The Bertz CT molecular complexity index is 990. The summed E-state index contributed by atoms with van der Waals surface area (Å²) in [6.45, 7) is 0. The standard InChI is InChI=1S/C19H20N6O2/c1-26-15-6-3-11(9-16(15)27-2)18(21)13-10-12(4-5-14(13)20)24-17-7-8-23-19(22)25-17/h3-10,21H,20H2,1-2H3,(H3,22,23,24,25). The number of nitrogens with zero attached hydrogens (tertiary/aromatic N) is 2. The quantitative estimate of drug-likeness (QED) is 0.390. The maximum atomic E-state index is 8.57. The first-order chi connectivity index (χ1) is 13.0. The van der Waals surface area contributed by atoms with Crippen molar-refractivity contribution in [1.29, 1.82) is 5.41 Å². The topological polar surface area (TPSA) is 132 Å². The molecule has 3 rings (SSSR count). The normalized spacial score (nSPS) is 10.3. The summed E-state index contributed by atoms with van der Waals surface area (Å²) < 4.78 is 10.6. The van der Waals surface area contributed by atoms with Gasteiger partial charge in [0.2, 0.25) is 5.95 Å². The second-order valence-corrected chi connectivity index (χ2v) is 5.67. The molecule has 0 amide bonds. The number of hydrogen-bond acceptors (Lipinski definition) is 8. The number of ether oxygens (including phenoxy) is 2. The van der Waals surface area contributed by atoms with Crippen LogP contribution in [0.3, 0.4) is 0 Å². The van der Waals surface area contributed by atoms with Gasteiger partial charge < -0.3 is 26.3 Å². The number of nitrogens with two attached hydrogens (primary N) is 2. The molecule has 6 N–H and O–H groups in total. The fourth-order valence-electron chi connectivity index (χ4n) is 2.59. The van der Waals surface area contributed by atoms with Crippen LogP contribution in [0.4, 0.5) is 23.1 Å². The summed E-state index contributed by atoms with van der Waals surface area (Å²) in [6, 6.07) is 12.3. The molecule has 2 aromatic carbocycles. The van der Waals surface area contributed by atoms with E-state index in [1.54, 1.807) is 62.9 Å². The van der Waals surface area contributed by atoms with Gasteiger partial charge in [-0.1, -0.05) is 0 Å². The summed E-state index contributed by atoms with van der Waals surface area (Å²) in [6.07, 6.45) is 1.56. The van der Waals surface area contributed by atoms with Crippen LogP contribution in [0.15, 0.2) is 48.7 Å². The molecule has 0 aliphatic carbocycles. The van der Waals surface area contributed by atoms with Gasteiger partial charge in [0.1, 0.15) is 5.82 Å². The zero-order valence-electron chi connectivity index (χ0n) is 15.0. The van der Waals surface area contributed by atoms with E-state index in [1.807, 2.05) is 0 Å². The number of anilines is 4. The minimum absolute atomic E-state index is 0.175. The van der Waals surface area contributed by atoms with Gasteiger partial charge in [-0.2, -0.15) is 4.98 Å². The van der Waals surface area contributed by atoms with Gasteiger partial charge in [-0.15, -0.1) is 0 Å². The molecule has 3 aromatic rings. The molecule has 138 valence electrons. The van der Waals surface area contributed by atoms with Crippen LogP contribution in [0.5, 0.6) is 11.5 Å². The number of aromatic nitrogens is 2. The van der Waals surface area contributed by atoms with Gasteiger partial charge in [0.15, 0.2) is 11.5 Å². The average Bonchev–Trinajstić information content (AvgIpc) is 2.68. The van der Waals surface area contributed by atoms with Gasteiger partial charge in [-0.3, -0.25) is 5.41 Å². The Hall–Kier alpha value is -3.81. The molecular weight excluding hydrogens is 344 g/mol. The fourth-order valence-corrected chi connectivity index (χ4v) is 2.59. The lowest BCUT2D eigenvalue weighted by Gasteiger charge is -2.13. The molecule has 27 heavy (non-hydrogen) atoms. The molecule has 8 nitrogen and oxygen atoms in total. The Morgan fingerprint density at radius 2 is 1.78 bits per heavy atom. The van der Waals surface area contributed by atoms with Gasteiger partial charge in [0, 0.05) is 28.7 Å². The lowest BCUT2D eigenvalue weighted by Crippen LogP contribution is -2.07. The van der Waals surface area contributed by atoms with E-state index in [-0.39, 0.29) is 11.7 Å². The maximum Gasteiger partial charge on any atom is 0.221 e. The molecule has 0 aliphatic heterocycles. The van der Waals surface area contributed by atoms with E-state index in [4.69, 9.17) is 26.4 Å². The molecular formula is C19H20N6O2. The predicted molar refractivity (Wildman–Crippen MR) is 106 cm³/mol. The Morgan fingerprint density at radius 1 is 1.00 bits per heavy atom. The molecule has 0 saturated carbocycles. The van der Waals surface area contributed by atoms with Crippen LogP contribution in [0.2, 0.25) is 0 Å². The predicted octanol–water partition coefficient (Wildman–Crippen LogP) is 2.82. The first-order valence-electron chi connectivity index (χ1n) is 8.08. The number of methoxy groups -OCH3 is 2. The number of nitrogens with one attached hydrogen (secondary N) is 2. The highest BCUT2D eigenvalue weighted by Gasteiger charge is 2.13. The van der Waals surface area contributed by atoms with Crippen molar-refractivity contribution in [3.63, 3.8) is 0 Å². The molecule has 0 fully saturated rings. The minimum atomic E-state index is 0.175. The Balaban J connectivity index is 1.93. The zero-order chi connectivity index (χ0) is 19.4. The highest BCUT2D eigenvalue weighted by Crippen LogP contribution is 2.30. The molecule has 1 aromatic heterocycles. The fraction of sp³-hybridized carbons (Fsp3) is 0.105. The summed E-state index contributed by atoms with van der Waals surface area (Å²) in [5.41, 5.74) is 14.4. The summed E-state index contributed by atoms with van der Waals surface area (Å²) in [5.74, 6) is 1.87. The third-order valence-electron chi connectivity index (χ3n) is 3.94. The molecule has 1 heterocycles. The van der Waals surface area contributed by atoms with Gasteiger partial charge in [0.25, 0.3) is 0 Å². The summed E-state index contributed by atoms with van der Waals surface area (Å²) in [7, 11) is 3.12. The van der Waals surface area contributed by atoms with E-state index in [1.165, 1.54) is 0 Å². The molecule has 0 unspecified atom stereocenters. The van der Waals surface area contributed by atoms with E-state index in [0.29, 0.717) is 34.1 Å². The molecule has 0 spiro atoms. The van der Waals surface area contributed by atoms with Crippen molar-refractivity contribution < 1.29 is 9.47 Å². The monoisotopic (exact) mass is 364 g/mol. The molecule has 0 atom stereocenters. The van der Waals surface area contributed by atoms with Crippen LogP contribution in [0, 0.1) is 5.41 Å². The molecule has 0 aliphatic rings. The smallest absolute Gasteiger partial charge is 0.221 e. The molecule has 8 heteroatoms. The Labute approximate surface area is 156 Å². The van der Waals surface area contributed by atoms with Gasteiger partial charge in [-0.25, -0.2) is 4.98 Å². The number of rotatable bonds is 6. The lowest BCUT2D eigenvalue weighted by molar-refractivity contribution is 0.355. The van der Waals surface area contributed by atoms with Crippen LogP contribution in [0.25, 0.3) is 0 Å². The van der Waals surface area contributed by atoms with Crippen molar-refractivity contribution in [3.8, 4) is 11.5 Å². The average molecular weight is 364 g/mol. The van der Waals surface area contributed by atoms with Crippen molar-refractivity contribution in [2.75, 3.05) is 31.0 Å². The minimum Gasteiger partial charge on any atom is -0.493 e. The van der Waals surface area contributed by atoms with Crippen LogP contribution in [-0.4, -0.2) is 29.9 Å². The summed E-state index contributed by atoms with van der Waals surface area (Å²) >= 11 is 0. The maximum absolute atomic E-state index is 8.57. The van der Waals surface area contributed by atoms with Crippen LogP contribution in [-0.2, 0) is 0 Å². The number of hydrogen-bond donors (Lipinski definition) is 4. The second kappa shape index (κ2) is 7.61. The van der Waals surface area contributed by atoms with Gasteiger partial charge >= 0.3 is 0 Å². The van der Waals surface area contributed by atoms with Crippen molar-refractivity contribution in [2.24, 2.45) is 0 Å². The highest BCUT2D eigenvalue weighted by atomic mass is 16.5. The van der Waals surface area contributed by atoms with E-state index in [0.717, 1.165) is 5.69 Å². The SMILES string of the molecule is COc1ccc(C(=N)c2cc(Nc3ccnc(N)n3)ccc2N)cc1OC. The number of benzene rings is 2. The van der Waals surface area contributed by atoms with E-state index in [2.05, 4.69) is 15.3 Å². The number of nitrogen functional groups attached to an aromatic ring is 2. The van der Waals surface area contributed by atoms with Crippen molar-refractivity contribution in [1.82, 2.24) is 9.97 Å². The largest absolute Gasteiger partial charge is 0.493 e. The van der Waals surface area contributed by atoms with Crippen LogP contribution >= 0.6 is 0 Å². The third kappa shape index (κ3) is 3.90. The Morgan fingerprint density at radius 3 is 2.48 bits per heavy atom. The third-order valence-corrected chi connectivity index (χ3v) is 3.94. The Kier molecular flexibility index (Phi) is 5.07. The first kappa shape index (κ1) is 18.0. The first-order valence-corrected chi connectivity index (χ1v) is 8.08. The summed E-state index contributed by atoms with van der Waals surface area (Å²) in [4.78, 5) is 7.97.